The minimum Gasteiger partial charge on any atom is -0.467 e. The maximum absolute atomic E-state index is 12.3. The highest BCUT2D eigenvalue weighted by atomic mass is 35.5. The third-order valence-corrected chi connectivity index (χ3v) is 4.15. The summed E-state index contributed by atoms with van der Waals surface area (Å²) in [5.41, 5.74) is 0.694. The van der Waals surface area contributed by atoms with Gasteiger partial charge in [-0.2, -0.15) is 0 Å². The number of nitrogens with zero attached hydrogens (tertiary/aromatic N) is 1. The smallest absolute Gasteiger partial charge is 0.328 e. The number of amides is 1. The number of rotatable bonds is 3. The predicted octanol–water partition coefficient (Wildman–Crippen LogP) is 1.67. The summed E-state index contributed by atoms with van der Waals surface area (Å²) in [4.78, 5) is 25.3. The maximum atomic E-state index is 12.3. The second kappa shape index (κ2) is 6.64. The molecule has 1 amide bonds. The Labute approximate surface area is 132 Å². The SMILES string of the molecule is COC(=O)C1CC(O)CN1C(=O)Cc1ccc(Cl)c(Cl)c1. The Morgan fingerprint density at radius 1 is 1.38 bits per heavy atom. The first-order valence-electron chi connectivity index (χ1n) is 6.41. The lowest BCUT2D eigenvalue weighted by molar-refractivity contribution is -0.150. The fraction of sp³-hybridized carbons (Fsp3) is 0.429. The van der Waals surface area contributed by atoms with Crippen LogP contribution in [0.5, 0.6) is 0 Å². The minimum atomic E-state index is -0.736. The molecule has 1 aliphatic rings. The maximum Gasteiger partial charge on any atom is 0.328 e. The molecule has 1 heterocycles. The Hall–Kier alpha value is -1.30. The molecule has 0 bridgehead atoms. The van der Waals surface area contributed by atoms with Crippen molar-refractivity contribution < 1.29 is 19.4 Å². The zero-order valence-electron chi connectivity index (χ0n) is 11.4. The van der Waals surface area contributed by atoms with Crippen LogP contribution in [0.4, 0.5) is 0 Å². The molecular formula is C14H15Cl2NO4. The molecule has 114 valence electrons. The van der Waals surface area contributed by atoms with E-state index in [0.717, 1.165) is 0 Å². The lowest BCUT2D eigenvalue weighted by Gasteiger charge is -2.22. The van der Waals surface area contributed by atoms with Crippen LogP contribution in [0.2, 0.25) is 10.0 Å². The van der Waals surface area contributed by atoms with Crippen molar-refractivity contribution in [3.05, 3.63) is 33.8 Å². The van der Waals surface area contributed by atoms with Gasteiger partial charge in [0, 0.05) is 13.0 Å². The van der Waals surface area contributed by atoms with Gasteiger partial charge in [-0.25, -0.2) is 4.79 Å². The first kappa shape index (κ1) is 16.1. The van der Waals surface area contributed by atoms with E-state index in [4.69, 9.17) is 23.2 Å². The summed E-state index contributed by atoms with van der Waals surface area (Å²) in [6, 6.07) is 4.19. The fourth-order valence-corrected chi connectivity index (χ4v) is 2.70. The van der Waals surface area contributed by atoms with E-state index in [9.17, 15) is 14.7 Å². The highest BCUT2D eigenvalue weighted by Crippen LogP contribution is 2.24. The number of halogens is 2. The Balaban J connectivity index is 2.11. The van der Waals surface area contributed by atoms with E-state index in [1.54, 1.807) is 18.2 Å². The minimum absolute atomic E-state index is 0.0805. The fourth-order valence-electron chi connectivity index (χ4n) is 2.37. The van der Waals surface area contributed by atoms with Gasteiger partial charge < -0.3 is 14.7 Å². The summed E-state index contributed by atoms with van der Waals surface area (Å²) in [7, 11) is 1.26. The number of benzene rings is 1. The van der Waals surface area contributed by atoms with Crippen molar-refractivity contribution in [2.45, 2.75) is 25.0 Å². The Morgan fingerprint density at radius 2 is 2.10 bits per heavy atom. The molecule has 0 spiro atoms. The molecule has 0 radical (unpaired) electrons. The molecule has 2 unspecified atom stereocenters. The van der Waals surface area contributed by atoms with E-state index >= 15 is 0 Å². The highest BCUT2D eigenvalue weighted by molar-refractivity contribution is 6.42. The molecule has 1 aliphatic heterocycles. The van der Waals surface area contributed by atoms with Crippen molar-refractivity contribution in [1.29, 1.82) is 0 Å². The summed E-state index contributed by atoms with van der Waals surface area (Å²) in [5.74, 6) is -0.783. The van der Waals surface area contributed by atoms with Gasteiger partial charge in [0.05, 0.1) is 29.7 Å². The Bertz CT molecular complexity index is 564. The number of ether oxygens (including phenoxy) is 1. The number of carbonyl (C=O) groups is 2. The van der Waals surface area contributed by atoms with Gasteiger partial charge in [0.25, 0.3) is 0 Å². The number of hydrogen-bond acceptors (Lipinski definition) is 4. The van der Waals surface area contributed by atoms with Crippen molar-refractivity contribution >= 4 is 35.1 Å². The second-order valence-electron chi connectivity index (χ2n) is 4.90. The average Bonchev–Trinajstić information content (AvgIpc) is 2.84. The van der Waals surface area contributed by atoms with Crippen LogP contribution in [0, 0.1) is 0 Å². The van der Waals surface area contributed by atoms with E-state index < -0.39 is 18.1 Å². The predicted molar refractivity (Wildman–Crippen MR) is 78.3 cm³/mol. The summed E-state index contributed by atoms with van der Waals surface area (Å²) in [6.07, 6.45) is -0.441. The van der Waals surface area contributed by atoms with Crippen LogP contribution >= 0.6 is 23.2 Å². The molecule has 2 atom stereocenters. The Morgan fingerprint density at radius 3 is 2.71 bits per heavy atom. The number of hydrogen-bond donors (Lipinski definition) is 1. The molecule has 0 saturated carbocycles. The zero-order chi connectivity index (χ0) is 15.6. The number of methoxy groups -OCH3 is 1. The molecule has 1 fully saturated rings. The van der Waals surface area contributed by atoms with Gasteiger partial charge >= 0.3 is 5.97 Å². The van der Waals surface area contributed by atoms with Crippen LogP contribution in [0.1, 0.15) is 12.0 Å². The van der Waals surface area contributed by atoms with E-state index in [0.29, 0.717) is 15.6 Å². The van der Waals surface area contributed by atoms with E-state index in [1.807, 2.05) is 0 Å². The van der Waals surface area contributed by atoms with Gasteiger partial charge in [0.15, 0.2) is 0 Å². The number of esters is 1. The van der Waals surface area contributed by atoms with Crippen LogP contribution in [0.3, 0.4) is 0 Å². The van der Waals surface area contributed by atoms with Crippen molar-refractivity contribution in [3.63, 3.8) is 0 Å². The molecule has 7 heteroatoms. The average molecular weight is 332 g/mol. The normalized spacial score (nSPS) is 21.4. The summed E-state index contributed by atoms with van der Waals surface area (Å²) >= 11 is 11.7. The van der Waals surface area contributed by atoms with Gasteiger partial charge in [-0.3, -0.25) is 4.79 Å². The first-order chi connectivity index (χ1) is 9.92. The number of β-amino-alcohol motifs (C(OH)–C–C–N with tert-alkyl or cyclic N) is 1. The monoisotopic (exact) mass is 331 g/mol. The molecular weight excluding hydrogens is 317 g/mol. The van der Waals surface area contributed by atoms with Gasteiger partial charge in [0.2, 0.25) is 5.91 Å². The van der Waals surface area contributed by atoms with Crippen LogP contribution in [0.25, 0.3) is 0 Å². The summed E-state index contributed by atoms with van der Waals surface area (Å²) in [6.45, 7) is 0.125. The third-order valence-electron chi connectivity index (χ3n) is 3.41. The standard InChI is InChI=1S/C14H15Cl2NO4/c1-21-14(20)12-6-9(18)7-17(12)13(19)5-8-2-3-10(15)11(16)4-8/h2-4,9,12,18H,5-7H2,1H3. The van der Waals surface area contributed by atoms with Crippen molar-refractivity contribution in [1.82, 2.24) is 4.90 Å². The van der Waals surface area contributed by atoms with Gasteiger partial charge in [-0.05, 0) is 17.7 Å². The summed E-state index contributed by atoms with van der Waals surface area (Å²) in [5, 5.41) is 10.5. The molecule has 21 heavy (non-hydrogen) atoms. The van der Waals surface area contributed by atoms with Gasteiger partial charge in [-0.1, -0.05) is 29.3 Å². The summed E-state index contributed by atoms with van der Waals surface area (Å²) < 4.78 is 4.67. The highest BCUT2D eigenvalue weighted by Gasteiger charge is 2.39. The first-order valence-corrected chi connectivity index (χ1v) is 7.17. The van der Waals surface area contributed by atoms with Crippen molar-refractivity contribution in [2.24, 2.45) is 0 Å². The van der Waals surface area contributed by atoms with Crippen molar-refractivity contribution in [2.75, 3.05) is 13.7 Å². The molecule has 0 aliphatic carbocycles. The zero-order valence-corrected chi connectivity index (χ0v) is 12.9. The quantitative estimate of drug-likeness (QED) is 0.855. The van der Waals surface area contributed by atoms with E-state index in [2.05, 4.69) is 4.74 Å². The number of carbonyl (C=O) groups excluding carboxylic acids is 2. The van der Waals surface area contributed by atoms with Crippen molar-refractivity contribution in [3.8, 4) is 0 Å². The van der Waals surface area contributed by atoms with Crippen LogP contribution < -0.4 is 0 Å². The topological polar surface area (TPSA) is 66.8 Å². The molecule has 1 saturated heterocycles. The number of aliphatic hydroxyl groups excluding tert-OH is 1. The molecule has 5 nitrogen and oxygen atoms in total. The molecule has 1 aromatic carbocycles. The number of likely N-dealkylation sites (tertiary alicyclic amines) is 1. The lowest BCUT2D eigenvalue weighted by atomic mass is 10.1. The second-order valence-corrected chi connectivity index (χ2v) is 5.71. The molecule has 1 aromatic rings. The lowest BCUT2D eigenvalue weighted by Crippen LogP contribution is -2.42. The third kappa shape index (κ3) is 3.67. The van der Waals surface area contributed by atoms with Gasteiger partial charge in [-0.15, -0.1) is 0 Å². The van der Waals surface area contributed by atoms with E-state index in [1.165, 1.54) is 12.0 Å². The molecule has 0 aromatic heterocycles. The van der Waals surface area contributed by atoms with Crippen LogP contribution in [-0.2, 0) is 20.7 Å². The molecule has 2 rings (SSSR count). The van der Waals surface area contributed by atoms with Gasteiger partial charge in [0.1, 0.15) is 6.04 Å². The van der Waals surface area contributed by atoms with E-state index in [-0.39, 0.29) is 25.3 Å². The Kier molecular flexibility index (Phi) is 5.08. The number of aliphatic hydroxyl groups is 1. The van der Waals surface area contributed by atoms with Crippen LogP contribution in [0.15, 0.2) is 18.2 Å². The molecule has 1 N–H and O–H groups in total. The largest absolute Gasteiger partial charge is 0.467 e. The van der Waals surface area contributed by atoms with Crippen LogP contribution in [-0.4, -0.2) is 47.7 Å².